The quantitative estimate of drug-likeness (QED) is 0.494. The van der Waals surface area contributed by atoms with Crippen LogP contribution in [-0.4, -0.2) is 34.5 Å². The number of imidazole rings is 1. The van der Waals surface area contributed by atoms with E-state index in [9.17, 15) is 4.79 Å². The van der Waals surface area contributed by atoms with E-state index in [-0.39, 0.29) is 5.91 Å². The first-order valence-corrected chi connectivity index (χ1v) is 9.27. The van der Waals surface area contributed by atoms with Crippen LogP contribution in [0.2, 0.25) is 0 Å². The van der Waals surface area contributed by atoms with E-state index < -0.39 is 0 Å². The van der Waals surface area contributed by atoms with Gasteiger partial charge in [-0.1, -0.05) is 18.2 Å². The third-order valence-electron chi connectivity index (χ3n) is 4.52. The fourth-order valence-electron chi connectivity index (χ4n) is 3.01. The number of hydrogen-bond acceptors (Lipinski definition) is 5. The van der Waals surface area contributed by atoms with Gasteiger partial charge in [0.1, 0.15) is 0 Å². The van der Waals surface area contributed by atoms with E-state index in [1.165, 1.54) is 6.08 Å². The molecule has 1 amide bonds. The number of amides is 1. The molecule has 0 aliphatic carbocycles. The summed E-state index contributed by atoms with van der Waals surface area (Å²) in [5, 5.41) is 2.85. The normalized spacial score (nSPS) is 11.0. The Morgan fingerprint density at radius 2 is 1.87 bits per heavy atom. The minimum absolute atomic E-state index is 0.227. The minimum atomic E-state index is -0.227. The number of nitrogens with zero attached hydrogens (tertiary/aromatic N) is 3. The first-order valence-electron chi connectivity index (χ1n) is 9.27. The lowest BCUT2D eigenvalue weighted by Crippen LogP contribution is -2.07. The van der Waals surface area contributed by atoms with Crippen LogP contribution in [0, 0.1) is 0 Å². The second kappa shape index (κ2) is 8.48. The Kier molecular flexibility index (Phi) is 5.43. The van der Waals surface area contributed by atoms with E-state index in [0.29, 0.717) is 23.0 Å². The molecule has 0 bridgehead atoms. The molecule has 0 saturated carbocycles. The molecular weight excluding hydrogens is 380 g/mol. The average Bonchev–Trinajstić information content (AvgIpc) is 3.22. The highest BCUT2D eigenvalue weighted by Gasteiger charge is 2.06. The molecule has 1 N–H and O–H groups in total. The molecule has 0 aliphatic heterocycles. The molecule has 30 heavy (non-hydrogen) atoms. The third-order valence-corrected chi connectivity index (χ3v) is 4.52. The van der Waals surface area contributed by atoms with E-state index >= 15 is 0 Å². The molecule has 2 aromatic carbocycles. The zero-order chi connectivity index (χ0) is 20.9. The number of methoxy groups -OCH3 is 2. The van der Waals surface area contributed by atoms with Gasteiger partial charge >= 0.3 is 0 Å². The summed E-state index contributed by atoms with van der Waals surface area (Å²) in [6.45, 7) is 0. The number of hydrogen-bond donors (Lipinski definition) is 1. The maximum Gasteiger partial charge on any atom is 0.248 e. The summed E-state index contributed by atoms with van der Waals surface area (Å²) in [6, 6.07) is 14.8. The lowest BCUT2D eigenvalue weighted by Gasteiger charge is -2.07. The Labute approximate surface area is 173 Å². The second-order valence-electron chi connectivity index (χ2n) is 6.47. The Morgan fingerprint density at radius 1 is 1.07 bits per heavy atom. The lowest BCUT2D eigenvalue weighted by atomic mass is 10.1. The maximum atomic E-state index is 12.3. The third kappa shape index (κ3) is 4.15. The van der Waals surface area contributed by atoms with Gasteiger partial charge in [0.2, 0.25) is 11.7 Å². The van der Waals surface area contributed by atoms with Crippen molar-refractivity contribution < 1.29 is 14.3 Å². The zero-order valence-electron chi connectivity index (χ0n) is 16.6. The van der Waals surface area contributed by atoms with Crippen molar-refractivity contribution in [3.05, 3.63) is 78.8 Å². The van der Waals surface area contributed by atoms with Crippen LogP contribution in [0.15, 0.2) is 73.2 Å². The molecule has 2 heterocycles. The molecule has 0 unspecified atom stereocenters. The van der Waals surface area contributed by atoms with E-state index in [4.69, 9.17) is 9.47 Å². The molecule has 7 nitrogen and oxygen atoms in total. The van der Waals surface area contributed by atoms with Gasteiger partial charge < -0.3 is 14.8 Å². The van der Waals surface area contributed by atoms with Crippen molar-refractivity contribution in [3.8, 4) is 22.8 Å². The highest BCUT2D eigenvalue weighted by Crippen LogP contribution is 2.28. The Balaban J connectivity index is 1.43. The van der Waals surface area contributed by atoms with Crippen LogP contribution in [0.4, 0.5) is 5.69 Å². The van der Waals surface area contributed by atoms with Crippen molar-refractivity contribution in [3.63, 3.8) is 0 Å². The zero-order valence-corrected chi connectivity index (χ0v) is 16.6. The molecule has 0 radical (unpaired) electrons. The first-order chi connectivity index (χ1) is 14.7. The monoisotopic (exact) mass is 400 g/mol. The summed E-state index contributed by atoms with van der Waals surface area (Å²) in [4.78, 5) is 21.0. The number of fused-ring (bicyclic) bond motifs is 1. The molecule has 7 heteroatoms. The number of carbonyl (C=O) groups excluding carboxylic acids is 1. The van der Waals surface area contributed by atoms with Crippen LogP contribution in [-0.2, 0) is 4.79 Å². The number of anilines is 1. The molecule has 0 atom stereocenters. The SMILES string of the molecule is COc1ccc(/C=C/C(=O)Nc2ccc(-c3cn4cccnc4n3)cc2)cc1OC. The summed E-state index contributed by atoms with van der Waals surface area (Å²) in [5.41, 5.74) is 3.29. The van der Waals surface area contributed by atoms with E-state index in [1.807, 2.05) is 53.2 Å². The Morgan fingerprint density at radius 3 is 2.60 bits per heavy atom. The average molecular weight is 400 g/mol. The van der Waals surface area contributed by atoms with Gasteiger partial charge in [-0.15, -0.1) is 0 Å². The summed E-state index contributed by atoms with van der Waals surface area (Å²) in [5.74, 6) is 1.66. The van der Waals surface area contributed by atoms with Gasteiger partial charge in [0.25, 0.3) is 0 Å². The summed E-state index contributed by atoms with van der Waals surface area (Å²) in [7, 11) is 3.16. The fraction of sp³-hybridized carbons (Fsp3) is 0.0870. The van der Waals surface area contributed by atoms with Crippen LogP contribution < -0.4 is 14.8 Å². The maximum absolute atomic E-state index is 12.3. The molecular formula is C23H20N4O3. The van der Waals surface area contributed by atoms with Crippen molar-refractivity contribution in [2.24, 2.45) is 0 Å². The second-order valence-corrected chi connectivity index (χ2v) is 6.47. The van der Waals surface area contributed by atoms with E-state index in [2.05, 4.69) is 15.3 Å². The summed E-state index contributed by atoms with van der Waals surface area (Å²) < 4.78 is 12.4. The summed E-state index contributed by atoms with van der Waals surface area (Å²) in [6.07, 6.45) is 8.72. The van der Waals surface area contributed by atoms with Gasteiger partial charge in [-0.2, -0.15) is 0 Å². The number of aromatic nitrogens is 3. The number of nitrogens with one attached hydrogen (secondary N) is 1. The molecule has 2 aromatic heterocycles. The molecule has 4 rings (SSSR count). The van der Waals surface area contributed by atoms with Gasteiger partial charge in [-0.05, 0) is 42.0 Å². The number of ether oxygens (including phenoxy) is 2. The number of carbonyl (C=O) groups is 1. The first kappa shape index (κ1) is 19.2. The standard InChI is InChI=1S/C23H20N4O3/c1-29-20-10-4-16(14-21(20)30-2)5-11-22(28)25-18-8-6-17(7-9-18)19-15-27-13-3-12-24-23(27)26-19/h3-15H,1-2H3,(H,25,28)/b11-5+. The van der Waals surface area contributed by atoms with Gasteiger partial charge in [0.05, 0.1) is 19.9 Å². The molecule has 0 fully saturated rings. The predicted octanol–water partition coefficient (Wildman–Crippen LogP) is 4.07. The number of rotatable bonds is 6. The van der Waals surface area contributed by atoms with Crippen molar-refractivity contribution in [1.82, 2.24) is 14.4 Å². The van der Waals surface area contributed by atoms with Crippen LogP contribution in [0.5, 0.6) is 11.5 Å². The Bertz CT molecular complexity index is 1180. The Hall–Kier alpha value is -4.13. The van der Waals surface area contributed by atoms with Gasteiger partial charge in [-0.3, -0.25) is 9.20 Å². The smallest absolute Gasteiger partial charge is 0.248 e. The molecule has 0 spiro atoms. The van der Waals surface area contributed by atoms with Crippen LogP contribution in [0.1, 0.15) is 5.56 Å². The summed E-state index contributed by atoms with van der Waals surface area (Å²) >= 11 is 0. The van der Waals surface area contributed by atoms with Gasteiger partial charge in [0.15, 0.2) is 11.5 Å². The van der Waals surface area contributed by atoms with Crippen LogP contribution in [0.3, 0.4) is 0 Å². The number of benzene rings is 2. The van der Waals surface area contributed by atoms with Crippen molar-refractivity contribution in [2.45, 2.75) is 0 Å². The predicted molar refractivity (Wildman–Crippen MR) is 116 cm³/mol. The molecule has 0 saturated heterocycles. The highest BCUT2D eigenvalue weighted by atomic mass is 16.5. The van der Waals surface area contributed by atoms with Crippen molar-refractivity contribution in [1.29, 1.82) is 0 Å². The highest BCUT2D eigenvalue weighted by molar-refractivity contribution is 6.02. The van der Waals surface area contributed by atoms with E-state index in [0.717, 1.165) is 16.8 Å². The van der Waals surface area contributed by atoms with Gasteiger partial charge in [0, 0.05) is 35.9 Å². The van der Waals surface area contributed by atoms with Crippen LogP contribution >= 0.6 is 0 Å². The van der Waals surface area contributed by atoms with Crippen molar-refractivity contribution >= 4 is 23.4 Å². The minimum Gasteiger partial charge on any atom is -0.493 e. The molecule has 4 aromatic rings. The van der Waals surface area contributed by atoms with Crippen molar-refractivity contribution in [2.75, 3.05) is 19.5 Å². The lowest BCUT2D eigenvalue weighted by molar-refractivity contribution is -0.111. The largest absolute Gasteiger partial charge is 0.493 e. The molecule has 0 aliphatic rings. The van der Waals surface area contributed by atoms with Crippen LogP contribution in [0.25, 0.3) is 23.1 Å². The van der Waals surface area contributed by atoms with Gasteiger partial charge in [-0.25, -0.2) is 9.97 Å². The molecule has 150 valence electrons. The fourth-order valence-corrected chi connectivity index (χ4v) is 3.01. The van der Waals surface area contributed by atoms with E-state index in [1.54, 1.807) is 38.6 Å². The topological polar surface area (TPSA) is 77.8 Å².